The zero-order chi connectivity index (χ0) is 11.7. The van der Waals surface area contributed by atoms with Gasteiger partial charge in [0.1, 0.15) is 17.3 Å². The van der Waals surface area contributed by atoms with Crippen molar-refractivity contribution in [2.24, 2.45) is 11.8 Å². The van der Waals surface area contributed by atoms with E-state index in [1.165, 1.54) is 0 Å². The second-order valence-electron chi connectivity index (χ2n) is 4.60. The Balaban J connectivity index is 1.64. The Labute approximate surface area is 99.4 Å². The molecule has 0 amide bonds. The third-order valence-electron chi connectivity index (χ3n) is 3.49. The van der Waals surface area contributed by atoms with E-state index in [0.717, 1.165) is 24.4 Å². The lowest BCUT2D eigenvalue weighted by Crippen LogP contribution is -2.39. The summed E-state index contributed by atoms with van der Waals surface area (Å²) in [5, 5.41) is 0. The molecule has 2 aromatic heterocycles. The molecule has 0 N–H and O–H groups in total. The van der Waals surface area contributed by atoms with Crippen LogP contribution < -0.4 is 0 Å². The highest BCUT2D eigenvalue weighted by atomic mass is 16.3. The molecule has 1 unspecified atom stereocenters. The average molecular weight is 230 g/mol. The second kappa shape index (κ2) is 4.24. The zero-order valence-electron chi connectivity index (χ0n) is 9.46. The van der Waals surface area contributed by atoms with Crippen LogP contribution in [0.1, 0.15) is 17.9 Å². The summed E-state index contributed by atoms with van der Waals surface area (Å²) in [6.07, 6.45) is 5.57. The van der Waals surface area contributed by atoms with Gasteiger partial charge < -0.3 is 8.83 Å². The minimum Gasteiger partial charge on any atom is -0.469 e. The van der Waals surface area contributed by atoms with Gasteiger partial charge in [-0.2, -0.15) is 0 Å². The highest BCUT2D eigenvalue weighted by Crippen LogP contribution is 2.36. The fourth-order valence-corrected chi connectivity index (χ4v) is 2.48. The molecule has 0 bridgehead atoms. The lowest BCUT2D eigenvalue weighted by Gasteiger charge is -2.34. The molecule has 0 spiro atoms. The number of furan rings is 2. The molecule has 1 saturated carbocycles. The number of rotatable bonds is 4. The SMILES string of the molecule is O=C1CC(Cc2ccco2)[C@@H]1Cc1ccco1. The lowest BCUT2D eigenvalue weighted by atomic mass is 9.68. The highest BCUT2D eigenvalue weighted by Gasteiger charge is 2.40. The van der Waals surface area contributed by atoms with Gasteiger partial charge in [0.25, 0.3) is 0 Å². The monoisotopic (exact) mass is 230 g/mol. The quantitative estimate of drug-likeness (QED) is 0.811. The lowest BCUT2D eigenvalue weighted by molar-refractivity contribution is -0.134. The average Bonchev–Trinajstić information content (AvgIpc) is 2.98. The van der Waals surface area contributed by atoms with E-state index < -0.39 is 0 Å². The van der Waals surface area contributed by atoms with Crippen LogP contribution in [0.25, 0.3) is 0 Å². The van der Waals surface area contributed by atoms with Gasteiger partial charge in [0.05, 0.1) is 12.5 Å². The minimum absolute atomic E-state index is 0.103. The van der Waals surface area contributed by atoms with E-state index in [2.05, 4.69) is 0 Å². The van der Waals surface area contributed by atoms with Crippen LogP contribution in [-0.2, 0) is 17.6 Å². The molecule has 2 heterocycles. The van der Waals surface area contributed by atoms with Crippen LogP contribution in [0.3, 0.4) is 0 Å². The zero-order valence-corrected chi connectivity index (χ0v) is 9.46. The largest absolute Gasteiger partial charge is 0.469 e. The smallest absolute Gasteiger partial charge is 0.137 e. The Kier molecular flexibility index (Phi) is 2.59. The molecule has 1 aliphatic carbocycles. The summed E-state index contributed by atoms with van der Waals surface area (Å²) in [6, 6.07) is 7.64. The first-order valence-corrected chi connectivity index (χ1v) is 5.90. The Morgan fingerprint density at radius 1 is 1.06 bits per heavy atom. The molecule has 17 heavy (non-hydrogen) atoms. The third kappa shape index (κ3) is 2.05. The van der Waals surface area contributed by atoms with Crippen LogP contribution in [0.2, 0.25) is 0 Å². The molecule has 3 heteroatoms. The topological polar surface area (TPSA) is 43.4 Å². The van der Waals surface area contributed by atoms with Gasteiger partial charge in [0, 0.05) is 25.2 Å². The Morgan fingerprint density at radius 3 is 2.24 bits per heavy atom. The third-order valence-corrected chi connectivity index (χ3v) is 3.49. The fourth-order valence-electron chi connectivity index (χ4n) is 2.48. The van der Waals surface area contributed by atoms with Gasteiger partial charge in [-0.05, 0) is 30.2 Å². The molecule has 0 saturated heterocycles. The van der Waals surface area contributed by atoms with Crippen molar-refractivity contribution in [2.45, 2.75) is 19.3 Å². The normalized spacial score (nSPS) is 23.6. The van der Waals surface area contributed by atoms with Crippen molar-refractivity contribution in [1.29, 1.82) is 0 Å². The molecule has 2 aromatic rings. The van der Waals surface area contributed by atoms with Crippen LogP contribution in [0.5, 0.6) is 0 Å². The molecular formula is C14H14O3. The van der Waals surface area contributed by atoms with Crippen LogP contribution in [0.15, 0.2) is 45.6 Å². The summed E-state index contributed by atoms with van der Waals surface area (Å²) in [5.41, 5.74) is 0. The van der Waals surface area contributed by atoms with Gasteiger partial charge in [-0.15, -0.1) is 0 Å². The predicted octanol–water partition coefficient (Wildman–Crippen LogP) is 2.86. The summed E-state index contributed by atoms with van der Waals surface area (Å²) in [4.78, 5) is 11.6. The van der Waals surface area contributed by atoms with Gasteiger partial charge in [0.2, 0.25) is 0 Å². The number of carbonyl (C=O) groups excluding carboxylic acids is 1. The van der Waals surface area contributed by atoms with E-state index in [4.69, 9.17) is 8.83 Å². The van der Waals surface area contributed by atoms with Crippen LogP contribution in [0, 0.1) is 11.8 Å². The van der Waals surface area contributed by atoms with E-state index in [1.54, 1.807) is 12.5 Å². The van der Waals surface area contributed by atoms with Crippen LogP contribution in [0.4, 0.5) is 0 Å². The highest BCUT2D eigenvalue weighted by molar-refractivity contribution is 5.87. The van der Waals surface area contributed by atoms with Gasteiger partial charge >= 0.3 is 0 Å². The maximum atomic E-state index is 11.6. The maximum absolute atomic E-state index is 11.6. The predicted molar refractivity (Wildman–Crippen MR) is 61.4 cm³/mol. The van der Waals surface area contributed by atoms with Gasteiger partial charge in [-0.3, -0.25) is 4.79 Å². The van der Waals surface area contributed by atoms with Crippen molar-refractivity contribution in [3.05, 3.63) is 48.3 Å². The van der Waals surface area contributed by atoms with Crippen molar-refractivity contribution in [3.63, 3.8) is 0 Å². The van der Waals surface area contributed by atoms with Gasteiger partial charge in [-0.1, -0.05) is 0 Å². The minimum atomic E-state index is 0.103. The first-order valence-electron chi connectivity index (χ1n) is 5.90. The van der Waals surface area contributed by atoms with Crippen molar-refractivity contribution in [1.82, 2.24) is 0 Å². The summed E-state index contributed by atoms with van der Waals surface area (Å²) in [7, 11) is 0. The molecular weight excluding hydrogens is 216 g/mol. The molecule has 1 aliphatic rings. The first kappa shape index (κ1) is 10.4. The van der Waals surface area contributed by atoms with Crippen molar-refractivity contribution >= 4 is 5.78 Å². The molecule has 1 fully saturated rings. The second-order valence-corrected chi connectivity index (χ2v) is 4.60. The van der Waals surface area contributed by atoms with E-state index in [0.29, 0.717) is 18.1 Å². The van der Waals surface area contributed by atoms with Crippen molar-refractivity contribution in [3.8, 4) is 0 Å². The number of Topliss-reactive ketones (excluding diaryl/α,β-unsaturated/α-hetero) is 1. The molecule has 3 nitrogen and oxygen atoms in total. The van der Waals surface area contributed by atoms with Crippen molar-refractivity contribution < 1.29 is 13.6 Å². The number of carbonyl (C=O) groups is 1. The Bertz CT molecular complexity index is 482. The van der Waals surface area contributed by atoms with E-state index in [9.17, 15) is 4.79 Å². The van der Waals surface area contributed by atoms with E-state index in [-0.39, 0.29) is 5.92 Å². The molecule has 88 valence electrons. The van der Waals surface area contributed by atoms with Gasteiger partial charge in [0.15, 0.2) is 0 Å². The molecule has 0 aliphatic heterocycles. The number of hydrogen-bond acceptors (Lipinski definition) is 3. The summed E-state index contributed by atoms with van der Waals surface area (Å²) < 4.78 is 10.6. The Hall–Kier alpha value is -1.77. The standard InChI is InChI=1S/C14H14O3/c15-14-8-10(7-11-3-1-5-16-11)13(14)9-12-4-2-6-17-12/h1-6,10,13H,7-9H2/t10?,13-/m0/s1. The van der Waals surface area contributed by atoms with Crippen molar-refractivity contribution in [2.75, 3.05) is 0 Å². The maximum Gasteiger partial charge on any atom is 0.137 e. The molecule has 0 radical (unpaired) electrons. The summed E-state index contributed by atoms with van der Waals surface area (Å²) >= 11 is 0. The van der Waals surface area contributed by atoms with Gasteiger partial charge in [-0.25, -0.2) is 0 Å². The molecule has 3 rings (SSSR count). The summed E-state index contributed by atoms with van der Waals surface area (Å²) in [6.45, 7) is 0. The number of ketones is 1. The van der Waals surface area contributed by atoms with E-state index in [1.807, 2.05) is 24.3 Å². The number of hydrogen-bond donors (Lipinski definition) is 0. The molecule has 2 atom stereocenters. The Morgan fingerprint density at radius 2 is 1.71 bits per heavy atom. The molecule has 0 aromatic carbocycles. The first-order chi connectivity index (χ1) is 8.33. The van der Waals surface area contributed by atoms with Crippen LogP contribution in [-0.4, -0.2) is 5.78 Å². The fraction of sp³-hybridized carbons (Fsp3) is 0.357. The summed E-state index contributed by atoms with van der Waals surface area (Å²) in [5.74, 6) is 2.71. The van der Waals surface area contributed by atoms with E-state index >= 15 is 0 Å². The van der Waals surface area contributed by atoms with Crippen LogP contribution >= 0.6 is 0 Å².